The molecule has 0 spiro atoms. The van der Waals surface area contributed by atoms with Crippen molar-refractivity contribution in [3.8, 4) is 5.75 Å². The molecule has 6 heteroatoms. The fourth-order valence-electron chi connectivity index (χ4n) is 3.27. The predicted octanol–water partition coefficient (Wildman–Crippen LogP) is 2.18. The number of primary amides is 1. The number of carbonyl (C=O) groups is 1. The van der Waals surface area contributed by atoms with Crippen molar-refractivity contribution in [2.45, 2.75) is 51.6 Å². The van der Waals surface area contributed by atoms with Gasteiger partial charge >= 0.3 is 0 Å². The summed E-state index contributed by atoms with van der Waals surface area (Å²) in [5.41, 5.74) is 6.16. The summed E-state index contributed by atoms with van der Waals surface area (Å²) >= 11 is 0. The summed E-state index contributed by atoms with van der Waals surface area (Å²) in [6.07, 6.45) is 6.30. The Kier molecular flexibility index (Phi) is 7.57. The van der Waals surface area contributed by atoms with Gasteiger partial charge in [0.25, 0.3) is 5.91 Å². The van der Waals surface area contributed by atoms with Crippen molar-refractivity contribution < 1.29 is 9.53 Å². The number of aliphatic imine (C=N–C) groups is 1. The molecule has 1 aliphatic rings. The van der Waals surface area contributed by atoms with E-state index in [1.54, 1.807) is 7.05 Å². The molecule has 0 aromatic heterocycles. The first-order valence-corrected chi connectivity index (χ1v) is 9.08. The highest BCUT2D eigenvalue weighted by Gasteiger charge is 2.21. The monoisotopic (exact) mass is 346 g/mol. The Bertz CT molecular complexity index is 589. The van der Waals surface area contributed by atoms with Crippen LogP contribution >= 0.6 is 0 Å². The fourth-order valence-corrected chi connectivity index (χ4v) is 3.27. The summed E-state index contributed by atoms with van der Waals surface area (Å²) in [4.78, 5) is 15.1. The van der Waals surface area contributed by atoms with Crippen LogP contribution in [0.2, 0.25) is 0 Å². The van der Waals surface area contributed by atoms with Crippen LogP contribution in [0.3, 0.4) is 0 Å². The van der Waals surface area contributed by atoms with Crippen LogP contribution in [0.15, 0.2) is 29.3 Å². The highest BCUT2D eigenvalue weighted by molar-refractivity contribution is 5.80. The Hall–Kier alpha value is -2.24. The van der Waals surface area contributed by atoms with Gasteiger partial charge in [0.05, 0.1) is 0 Å². The first-order valence-electron chi connectivity index (χ1n) is 9.08. The van der Waals surface area contributed by atoms with Crippen LogP contribution in [0.5, 0.6) is 5.75 Å². The zero-order valence-electron chi connectivity index (χ0n) is 15.3. The van der Waals surface area contributed by atoms with E-state index in [2.05, 4.69) is 22.5 Å². The summed E-state index contributed by atoms with van der Waals surface area (Å²) in [6, 6.07) is 8.11. The number of hydrogen-bond acceptors (Lipinski definition) is 3. The van der Waals surface area contributed by atoms with Crippen LogP contribution in [0.25, 0.3) is 0 Å². The van der Waals surface area contributed by atoms with Crippen molar-refractivity contribution in [2.24, 2.45) is 16.6 Å². The third-order valence-corrected chi connectivity index (χ3v) is 4.66. The summed E-state index contributed by atoms with van der Waals surface area (Å²) in [5, 5.41) is 6.89. The smallest absolute Gasteiger partial charge is 0.255 e. The topological polar surface area (TPSA) is 88.7 Å². The fraction of sp³-hybridized carbons (Fsp3) is 0.579. The molecule has 1 aromatic carbocycles. The molecular weight excluding hydrogens is 316 g/mol. The number of nitrogens with two attached hydrogens (primary N) is 1. The lowest BCUT2D eigenvalue weighted by atomic mass is 9.84. The molecule has 6 nitrogen and oxygen atoms in total. The molecule has 4 N–H and O–H groups in total. The standard InChI is InChI=1S/C19H30N4O2/c1-3-14-6-4-8-16(10-14)23-19(21-2)22-12-15-7-5-9-17(11-15)25-13-18(20)24/h5,7,9,11,14,16H,3-4,6,8,10,12-13H2,1-2H3,(H2,20,24)(H2,21,22,23). The van der Waals surface area contributed by atoms with Gasteiger partial charge in [0.15, 0.2) is 12.6 Å². The summed E-state index contributed by atoms with van der Waals surface area (Å²) in [6.45, 7) is 2.80. The maximum atomic E-state index is 10.8. The zero-order chi connectivity index (χ0) is 18.1. The van der Waals surface area contributed by atoms with Crippen LogP contribution in [-0.2, 0) is 11.3 Å². The van der Waals surface area contributed by atoms with E-state index in [9.17, 15) is 4.79 Å². The van der Waals surface area contributed by atoms with Gasteiger partial charge in [-0.05, 0) is 36.5 Å². The van der Waals surface area contributed by atoms with E-state index in [1.807, 2.05) is 24.3 Å². The van der Waals surface area contributed by atoms with Crippen molar-refractivity contribution in [3.05, 3.63) is 29.8 Å². The van der Waals surface area contributed by atoms with E-state index in [-0.39, 0.29) is 6.61 Å². The van der Waals surface area contributed by atoms with Crippen molar-refractivity contribution in [1.82, 2.24) is 10.6 Å². The number of amides is 1. The highest BCUT2D eigenvalue weighted by atomic mass is 16.5. The normalized spacial score (nSPS) is 20.8. The van der Waals surface area contributed by atoms with Gasteiger partial charge in [0.2, 0.25) is 0 Å². The molecule has 1 aliphatic carbocycles. The lowest BCUT2D eigenvalue weighted by Gasteiger charge is -2.30. The third-order valence-electron chi connectivity index (χ3n) is 4.66. The second-order valence-corrected chi connectivity index (χ2v) is 6.61. The van der Waals surface area contributed by atoms with Gasteiger partial charge in [0.1, 0.15) is 5.75 Å². The Morgan fingerprint density at radius 1 is 1.40 bits per heavy atom. The number of nitrogens with zero attached hydrogens (tertiary/aromatic N) is 1. The van der Waals surface area contributed by atoms with Crippen molar-refractivity contribution in [3.63, 3.8) is 0 Å². The average molecular weight is 346 g/mol. The first kappa shape index (κ1) is 19.1. The SMILES string of the molecule is CCC1CCCC(NC(=NC)NCc2cccc(OCC(N)=O)c2)C1. The molecular formula is C19H30N4O2. The van der Waals surface area contributed by atoms with E-state index in [0.29, 0.717) is 18.3 Å². The van der Waals surface area contributed by atoms with Crippen molar-refractivity contribution in [1.29, 1.82) is 0 Å². The number of ether oxygens (including phenoxy) is 1. The van der Waals surface area contributed by atoms with E-state index in [1.165, 1.54) is 32.1 Å². The minimum absolute atomic E-state index is 0.111. The Balaban J connectivity index is 1.84. The largest absolute Gasteiger partial charge is 0.484 e. The number of benzene rings is 1. The number of hydrogen-bond donors (Lipinski definition) is 3. The first-order chi connectivity index (χ1) is 12.1. The van der Waals surface area contributed by atoms with Crippen LogP contribution < -0.4 is 21.1 Å². The van der Waals surface area contributed by atoms with Crippen molar-refractivity contribution in [2.75, 3.05) is 13.7 Å². The van der Waals surface area contributed by atoms with Gasteiger partial charge in [-0.25, -0.2) is 0 Å². The van der Waals surface area contributed by atoms with Crippen molar-refractivity contribution >= 4 is 11.9 Å². The van der Waals surface area contributed by atoms with Crippen LogP contribution in [0, 0.1) is 5.92 Å². The molecule has 2 unspecified atom stereocenters. The molecule has 2 rings (SSSR count). The Labute approximate surface area is 150 Å². The quantitative estimate of drug-likeness (QED) is 0.521. The van der Waals surface area contributed by atoms with Crippen LogP contribution in [0.1, 0.15) is 44.6 Å². The van der Waals surface area contributed by atoms with Gasteiger partial charge in [0, 0.05) is 19.6 Å². The highest BCUT2D eigenvalue weighted by Crippen LogP contribution is 2.26. The molecule has 0 heterocycles. The number of nitrogens with one attached hydrogen (secondary N) is 2. The van der Waals surface area contributed by atoms with Gasteiger partial charge < -0.3 is 21.1 Å². The molecule has 0 radical (unpaired) electrons. The molecule has 1 fully saturated rings. The summed E-state index contributed by atoms with van der Waals surface area (Å²) < 4.78 is 5.34. The zero-order valence-corrected chi connectivity index (χ0v) is 15.3. The molecule has 1 saturated carbocycles. The van der Waals surface area contributed by atoms with Gasteiger partial charge in [-0.2, -0.15) is 0 Å². The molecule has 138 valence electrons. The van der Waals surface area contributed by atoms with E-state index in [4.69, 9.17) is 10.5 Å². The second-order valence-electron chi connectivity index (χ2n) is 6.61. The average Bonchev–Trinajstić information content (AvgIpc) is 2.64. The van der Waals surface area contributed by atoms with Crippen LogP contribution in [-0.4, -0.2) is 31.6 Å². The lowest BCUT2D eigenvalue weighted by molar-refractivity contribution is -0.119. The minimum Gasteiger partial charge on any atom is -0.484 e. The molecule has 1 aromatic rings. The molecule has 1 amide bonds. The molecule has 0 bridgehead atoms. The predicted molar refractivity (Wildman–Crippen MR) is 101 cm³/mol. The minimum atomic E-state index is -0.481. The summed E-state index contributed by atoms with van der Waals surface area (Å²) in [5.74, 6) is 1.80. The second kappa shape index (κ2) is 9.91. The number of guanidine groups is 1. The molecule has 25 heavy (non-hydrogen) atoms. The molecule has 0 aliphatic heterocycles. The number of rotatable bonds is 7. The Morgan fingerprint density at radius 2 is 2.24 bits per heavy atom. The maximum absolute atomic E-state index is 10.8. The van der Waals surface area contributed by atoms with E-state index in [0.717, 1.165) is 17.4 Å². The van der Waals surface area contributed by atoms with E-state index < -0.39 is 5.91 Å². The summed E-state index contributed by atoms with van der Waals surface area (Å²) in [7, 11) is 1.79. The maximum Gasteiger partial charge on any atom is 0.255 e. The van der Waals surface area contributed by atoms with E-state index >= 15 is 0 Å². The Morgan fingerprint density at radius 3 is 2.96 bits per heavy atom. The van der Waals surface area contributed by atoms with Crippen LogP contribution in [0.4, 0.5) is 0 Å². The number of carbonyl (C=O) groups excluding carboxylic acids is 1. The van der Waals surface area contributed by atoms with Gasteiger partial charge in [-0.3, -0.25) is 9.79 Å². The van der Waals surface area contributed by atoms with Gasteiger partial charge in [-0.1, -0.05) is 38.3 Å². The third kappa shape index (κ3) is 6.64. The molecule has 0 saturated heterocycles. The molecule has 2 atom stereocenters. The lowest BCUT2D eigenvalue weighted by Crippen LogP contribution is -2.45. The van der Waals surface area contributed by atoms with Gasteiger partial charge in [-0.15, -0.1) is 0 Å².